The van der Waals surface area contributed by atoms with Gasteiger partial charge in [-0.15, -0.1) is 0 Å². The molecule has 0 aliphatic heterocycles. The lowest BCUT2D eigenvalue weighted by molar-refractivity contribution is 0.255. The van der Waals surface area contributed by atoms with Crippen LogP contribution in [0.25, 0.3) is 0 Å². The molecule has 144 valence electrons. The maximum absolute atomic E-state index is 9.27. The Morgan fingerprint density at radius 3 is 1.83 bits per heavy atom. The quantitative estimate of drug-likeness (QED) is 0.632. The van der Waals surface area contributed by atoms with Crippen LogP contribution in [0.4, 0.5) is 0 Å². The number of hydrogen-bond donors (Lipinski definition) is 1. The molecule has 0 aliphatic rings. The lowest BCUT2D eigenvalue weighted by atomic mass is 10.1. The Morgan fingerprint density at radius 1 is 0.724 bits per heavy atom. The van der Waals surface area contributed by atoms with Gasteiger partial charge in [0.15, 0.2) is 11.5 Å². The molecule has 0 atom stereocenters. The average molecular weight is 383 g/mol. The van der Waals surface area contributed by atoms with Crippen LogP contribution in [0.2, 0.25) is 0 Å². The second kappa shape index (κ2) is 9.94. The molecule has 3 aromatic carbocycles. The molecular weight excluding hydrogens is 362 g/mol. The zero-order valence-corrected chi connectivity index (χ0v) is 16.0. The Balaban J connectivity index is 1.81. The molecule has 0 aliphatic carbocycles. The smallest absolute Gasteiger partial charge is 0.161 e. The summed E-state index contributed by atoms with van der Waals surface area (Å²) in [6, 6.07) is 24.7. The van der Waals surface area contributed by atoms with Crippen LogP contribution < -0.4 is 15.2 Å². The fourth-order valence-electron chi connectivity index (χ4n) is 2.93. The van der Waals surface area contributed by atoms with Crippen molar-refractivity contribution in [3.05, 3.63) is 94.5 Å². The molecule has 0 radical (unpaired) electrons. The molecule has 3 aromatic rings. The van der Waals surface area contributed by atoms with Crippen molar-refractivity contribution in [2.45, 2.75) is 19.6 Å². The van der Waals surface area contributed by atoms with E-state index in [0.29, 0.717) is 29.2 Å². The van der Waals surface area contributed by atoms with Crippen molar-refractivity contribution in [1.29, 1.82) is 10.5 Å². The van der Waals surface area contributed by atoms with E-state index in [2.05, 4.69) is 12.1 Å². The van der Waals surface area contributed by atoms with Gasteiger partial charge in [-0.2, -0.15) is 10.5 Å². The fourth-order valence-corrected chi connectivity index (χ4v) is 2.93. The summed E-state index contributed by atoms with van der Waals surface area (Å²) in [4.78, 5) is 0. The second-order valence-electron chi connectivity index (χ2n) is 6.44. The molecule has 0 fully saturated rings. The number of nitrogens with two attached hydrogens (primary N) is 1. The zero-order chi connectivity index (χ0) is 20.5. The molecule has 0 saturated carbocycles. The van der Waals surface area contributed by atoms with Crippen molar-refractivity contribution in [1.82, 2.24) is 0 Å². The molecule has 2 N–H and O–H groups in total. The van der Waals surface area contributed by atoms with Crippen molar-refractivity contribution < 1.29 is 9.47 Å². The Hall–Kier alpha value is -3.80. The number of ether oxygens (including phenoxy) is 2. The Bertz CT molecular complexity index is 1060. The molecule has 5 nitrogen and oxygen atoms in total. The van der Waals surface area contributed by atoms with Crippen LogP contribution in [-0.2, 0) is 19.6 Å². The van der Waals surface area contributed by atoms with Crippen LogP contribution in [0.1, 0.15) is 27.8 Å². The third kappa shape index (κ3) is 5.13. The van der Waals surface area contributed by atoms with Gasteiger partial charge in [0.1, 0.15) is 13.2 Å². The minimum Gasteiger partial charge on any atom is -0.485 e. The predicted molar refractivity (Wildman–Crippen MR) is 110 cm³/mol. The minimum atomic E-state index is 0.251. The topological polar surface area (TPSA) is 92.1 Å². The largest absolute Gasteiger partial charge is 0.485 e. The van der Waals surface area contributed by atoms with Crippen LogP contribution >= 0.6 is 0 Å². The van der Waals surface area contributed by atoms with Gasteiger partial charge in [0.05, 0.1) is 23.3 Å². The highest BCUT2D eigenvalue weighted by Gasteiger charge is 2.10. The first-order chi connectivity index (χ1) is 14.2. The molecule has 0 bridgehead atoms. The van der Waals surface area contributed by atoms with Crippen LogP contribution in [0.15, 0.2) is 66.7 Å². The standard InChI is InChI=1S/C24H21N3O2/c25-12-11-18-9-10-23(28-16-21-7-3-1-5-19(21)14-26)24(13-18)29-17-22-8-4-2-6-20(22)15-27/h1-10,13H,11-12,16-17,25H2. The van der Waals surface area contributed by atoms with Crippen LogP contribution in [0.3, 0.4) is 0 Å². The number of benzene rings is 3. The predicted octanol–water partition coefficient (Wildman–Crippen LogP) is 4.09. The SMILES string of the molecule is N#Cc1ccccc1COc1ccc(CCN)cc1OCc1ccccc1C#N. The van der Waals surface area contributed by atoms with Crippen molar-refractivity contribution in [3.8, 4) is 23.6 Å². The number of rotatable bonds is 8. The van der Waals surface area contributed by atoms with Crippen LogP contribution in [0.5, 0.6) is 11.5 Å². The van der Waals surface area contributed by atoms with E-state index in [1.54, 1.807) is 12.1 Å². The average Bonchev–Trinajstić information content (AvgIpc) is 2.77. The highest BCUT2D eigenvalue weighted by Crippen LogP contribution is 2.30. The van der Waals surface area contributed by atoms with Gasteiger partial charge in [0.2, 0.25) is 0 Å². The molecule has 0 aromatic heterocycles. The van der Waals surface area contributed by atoms with E-state index >= 15 is 0 Å². The maximum atomic E-state index is 9.27. The van der Waals surface area contributed by atoms with Gasteiger partial charge in [0.25, 0.3) is 0 Å². The van der Waals surface area contributed by atoms with E-state index in [0.717, 1.165) is 23.1 Å². The minimum absolute atomic E-state index is 0.251. The van der Waals surface area contributed by atoms with Gasteiger partial charge in [-0.05, 0) is 42.8 Å². The molecule has 0 saturated heterocycles. The van der Waals surface area contributed by atoms with Gasteiger partial charge in [-0.3, -0.25) is 0 Å². The van der Waals surface area contributed by atoms with Gasteiger partial charge in [-0.25, -0.2) is 0 Å². The van der Waals surface area contributed by atoms with E-state index in [1.807, 2.05) is 54.6 Å². The van der Waals surface area contributed by atoms with Crippen molar-refractivity contribution in [2.24, 2.45) is 5.73 Å². The van der Waals surface area contributed by atoms with Crippen LogP contribution in [0, 0.1) is 22.7 Å². The molecule has 29 heavy (non-hydrogen) atoms. The second-order valence-corrected chi connectivity index (χ2v) is 6.44. The first kappa shape index (κ1) is 19.9. The Morgan fingerprint density at radius 2 is 1.28 bits per heavy atom. The summed E-state index contributed by atoms with van der Waals surface area (Å²) in [6.07, 6.45) is 0.725. The van der Waals surface area contributed by atoms with Gasteiger partial charge < -0.3 is 15.2 Å². The normalized spacial score (nSPS) is 10.0. The molecular formula is C24H21N3O2. The molecule has 0 amide bonds. The highest BCUT2D eigenvalue weighted by molar-refractivity contribution is 5.45. The summed E-state index contributed by atoms with van der Waals surface area (Å²) >= 11 is 0. The monoisotopic (exact) mass is 383 g/mol. The fraction of sp³-hybridized carbons (Fsp3) is 0.167. The molecule has 0 spiro atoms. The first-order valence-electron chi connectivity index (χ1n) is 9.29. The summed E-state index contributed by atoms with van der Waals surface area (Å²) in [5.74, 6) is 1.16. The highest BCUT2D eigenvalue weighted by atomic mass is 16.5. The summed E-state index contributed by atoms with van der Waals surface area (Å²) in [5.41, 5.74) is 9.50. The van der Waals surface area contributed by atoms with Crippen molar-refractivity contribution in [2.75, 3.05) is 6.54 Å². The Labute approximate surface area is 170 Å². The van der Waals surface area contributed by atoms with Gasteiger partial charge >= 0.3 is 0 Å². The lowest BCUT2D eigenvalue weighted by Crippen LogP contribution is -2.05. The first-order valence-corrected chi connectivity index (χ1v) is 9.29. The number of hydrogen-bond acceptors (Lipinski definition) is 5. The van der Waals surface area contributed by atoms with E-state index in [4.69, 9.17) is 15.2 Å². The summed E-state index contributed by atoms with van der Waals surface area (Å²) in [7, 11) is 0. The Kier molecular flexibility index (Phi) is 6.84. The van der Waals surface area contributed by atoms with E-state index in [1.165, 1.54) is 0 Å². The summed E-state index contributed by atoms with van der Waals surface area (Å²) < 4.78 is 12.0. The number of nitriles is 2. The maximum Gasteiger partial charge on any atom is 0.161 e. The molecule has 3 rings (SSSR count). The molecule has 0 heterocycles. The summed E-state index contributed by atoms with van der Waals surface area (Å²) in [6.45, 7) is 1.04. The third-order valence-electron chi connectivity index (χ3n) is 4.48. The van der Waals surface area contributed by atoms with Crippen molar-refractivity contribution >= 4 is 0 Å². The number of nitrogens with zero attached hydrogens (tertiary/aromatic N) is 2. The molecule has 0 unspecified atom stereocenters. The zero-order valence-electron chi connectivity index (χ0n) is 16.0. The van der Waals surface area contributed by atoms with E-state index < -0.39 is 0 Å². The van der Waals surface area contributed by atoms with Crippen LogP contribution in [-0.4, -0.2) is 6.54 Å². The van der Waals surface area contributed by atoms with Gasteiger partial charge in [-0.1, -0.05) is 42.5 Å². The lowest BCUT2D eigenvalue weighted by Gasteiger charge is -2.15. The molecule has 5 heteroatoms. The van der Waals surface area contributed by atoms with Gasteiger partial charge in [0, 0.05) is 11.1 Å². The van der Waals surface area contributed by atoms with E-state index in [-0.39, 0.29) is 13.2 Å². The van der Waals surface area contributed by atoms with E-state index in [9.17, 15) is 10.5 Å². The summed E-state index contributed by atoms with van der Waals surface area (Å²) in [5, 5.41) is 18.5. The third-order valence-corrected chi connectivity index (χ3v) is 4.48. The van der Waals surface area contributed by atoms with Crippen molar-refractivity contribution in [3.63, 3.8) is 0 Å².